The average molecular weight is 307 g/mol. The van der Waals surface area contributed by atoms with Crippen molar-refractivity contribution in [3.8, 4) is 11.5 Å². The molecule has 0 atom stereocenters. The highest BCUT2D eigenvalue weighted by atomic mass is 16.5. The normalized spacial score (nSPS) is 16.7. The Balaban J connectivity index is 1.88. The van der Waals surface area contributed by atoms with Crippen molar-refractivity contribution in [1.82, 2.24) is 9.80 Å². The van der Waals surface area contributed by atoms with Gasteiger partial charge in [0.25, 0.3) is 0 Å². The van der Waals surface area contributed by atoms with Crippen molar-refractivity contribution in [2.45, 2.75) is 19.8 Å². The molecule has 0 amide bonds. The highest BCUT2D eigenvalue weighted by Crippen LogP contribution is 2.34. The molecule has 1 aromatic rings. The molecule has 0 radical (unpaired) electrons. The molecule has 5 heteroatoms. The monoisotopic (exact) mass is 307 g/mol. The summed E-state index contributed by atoms with van der Waals surface area (Å²) in [6.07, 6.45) is 2.06. The molecular weight excluding hydrogens is 278 g/mol. The van der Waals surface area contributed by atoms with E-state index in [4.69, 9.17) is 15.2 Å². The molecule has 0 aromatic heterocycles. The second kappa shape index (κ2) is 8.25. The maximum absolute atomic E-state index is 5.95. The van der Waals surface area contributed by atoms with Crippen LogP contribution >= 0.6 is 0 Å². The number of nitrogen functional groups attached to an aromatic ring is 1. The van der Waals surface area contributed by atoms with Gasteiger partial charge in [-0.2, -0.15) is 0 Å². The van der Waals surface area contributed by atoms with Crippen molar-refractivity contribution < 1.29 is 9.47 Å². The standard InChI is InChI=1S/C17H29N3O2/c1-4-19-8-10-20(11-9-19)7-5-6-14-12-15(18)13-16(21-2)17(14)22-3/h12-13H,4-11,18H2,1-3H3. The molecule has 1 aromatic carbocycles. The van der Waals surface area contributed by atoms with E-state index in [1.807, 2.05) is 12.1 Å². The van der Waals surface area contributed by atoms with Gasteiger partial charge in [0.1, 0.15) is 0 Å². The molecule has 0 spiro atoms. The molecule has 1 aliphatic heterocycles. The van der Waals surface area contributed by atoms with Gasteiger partial charge in [-0.05, 0) is 32.0 Å². The first kappa shape index (κ1) is 16.9. The lowest BCUT2D eigenvalue weighted by Crippen LogP contribution is -2.46. The largest absolute Gasteiger partial charge is 0.493 e. The van der Waals surface area contributed by atoms with Crippen molar-refractivity contribution in [1.29, 1.82) is 0 Å². The van der Waals surface area contributed by atoms with Crippen LogP contribution in [0.25, 0.3) is 0 Å². The molecular formula is C17H29N3O2. The van der Waals surface area contributed by atoms with Gasteiger partial charge in [0.05, 0.1) is 14.2 Å². The number of ether oxygens (including phenoxy) is 2. The zero-order valence-electron chi connectivity index (χ0n) is 14.1. The summed E-state index contributed by atoms with van der Waals surface area (Å²) in [6, 6.07) is 3.81. The lowest BCUT2D eigenvalue weighted by Gasteiger charge is -2.34. The Kier molecular flexibility index (Phi) is 6.34. The van der Waals surface area contributed by atoms with Gasteiger partial charge in [-0.1, -0.05) is 6.92 Å². The van der Waals surface area contributed by atoms with E-state index in [0.717, 1.165) is 42.9 Å². The molecule has 1 fully saturated rings. The predicted octanol–water partition coefficient (Wildman–Crippen LogP) is 1.86. The zero-order valence-corrected chi connectivity index (χ0v) is 14.1. The quantitative estimate of drug-likeness (QED) is 0.779. The van der Waals surface area contributed by atoms with Crippen LogP contribution in [0.3, 0.4) is 0 Å². The summed E-state index contributed by atoms with van der Waals surface area (Å²) in [4.78, 5) is 5.05. The van der Waals surface area contributed by atoms with Crippen molar-refractivity contribution in [3.63, 3.8) is 0 Å². The molecule has 5 nitrogen and oxygen atoms in total. The number of nitrogens with zero attached hydrogens (tertiary/aromatic N) is 2. The van der Waals surface area contributed by atoms with E-state index in [-0.39, 0.29) is 0 Å². The molecule has 0 bridgehead atoms. The average Bonchev–Trinajstić information content (AvgIpc) is 2.55. The van der Waals surface area contributed by atoms with Gasteiger partial charge in [0, 0.05) is 43.5 Å². The van der Waals surface area contributed by atoms with E-state index >= 15 is 0 Å². The second-order valence-electron chi connectivity index (χ2n) is 5.79. The van der Waals surface area contributed by atoms with E-state index in [9.17, 15) is 0 Å². The van der Waals surface area contributed by atoms with Crippen LogP contribution in [-0.2, 0) is 6.42 Å². The molecule has 0 aliphatic carbocycles. The summed E-state index contributed by atoms with van der Waals surface area (Å²) in [7, 11) is 3.33. The third kappa shape index (κ3) is 4.27. The number of rotatable bonds is 7. The first-order valence-corrected chi connectivity index (χ1v) is 8.13. The van der Waals surface area contributed by atoms with Crippen molar-refractivity contribution in [2.24, 2.45) is 0 Å². The fourth-order valence-corrected chi connectivity index (χ4v) is 3.07. The SMILES string of the molecule is CCN1CCN(CCCc2cc(N)cc(OC)c2OC)CC1. The van der Waals surface area contributed by atoms with Gasteiger partial charge in [0.15, 0.2) is 11.5 Å². The molecule has 22 heavy (non-hydrogen) atoms. The van der Waals surface area contributed by atoms with Gasteiger partial charge in [-0.15, -0.1) is 0 Å². The maximum atomic E-state index is 5.95. The molecule has 2 rings (SSSR count). The van der Waals surface area contributed by atoms with E-state index in [2.05, 4.69) is 16.7 Å². The highest BCUT2D eigenvalue weighted by Gasteiger charge is 2.16. The topological polar surface area (TPSA) is 51.0 Å². The van der Waals surface area contributed by atoms with Crippen LogP contribution in [0.15, 0.2) is 12.1 Å². The van der Waals surface area contributed by atoms with Crippen LogP contribution in [0.4, 0.5) is 5.69 Å². The molecule has 0 saturated carbocycles. The summed E-state index contributed by atoms with van der Waals surface area (Å²) in [5, 5.41) is 0. The molecule has 1 heterocycles. The van der Waals surface area contributed by atoms with Crippen molar-refractivity contribution >= 4 is 5.69 Å². The van der Waals surface area contributed by atoms with Gasteiger partial charge in [0.2, 0.25) is 0 Å². The minimum Gasteiger partial charge on any atom is -0.493 e. The summed E-state index contributed by atoms with van der Waals surface area (Å²) in [6.45, 7) is 9.23. The molecule has 1 saturated heterocycles. The minimum atomic E-state index is 0.717. The molecule has 1 aliphatic rings. The van der Waals surface area contributed by atoms with Crippen LogP contribution in [0, 0.1) is 0 Å². The van der Waals surface area contributed by atoms with Gasteiger partial charge in [-0.3, -0.25) is 0 Å². The van der Waals surface area contributed by atoms with Crippen LogP contribution in [-0.4, -0.2) is 63.3 Å². The van der Waals surface area contributed by atoms with Gasteiger partial charge in [-0.25, -0.2) is 0 Å². The Morgan fingerprint density at radius 2 is 1.73 bits per heavy atom. The van der Waals surface area contributed by atoms with Crippen LogP contribution in [0.2, 0.25) is 0 Å². The zero-order chi connectivity index (χ0) is 15.9. The first-order chi connectivity index (χ1) is 10.7. The maximum Gasteiger partial charge on any atom is 0.164 e. The van der Waals surface area contributed by atoms with Gasteiger partial charge < -0.3 is 25.0 Å². The number of anilines is 1. The number of hydrogen-bond donors (Lipinski definition) is 1. The molecule has 124 valence electrons. The fourth-order valence-electron chi connectivity index (χ4n) is 3.07. The number of methoxy groups -OCH3 is 2. The lowest BCUT2D eigenvalue weighted by atomic mass is 10.1. The van der Waals surface area contributed by atoms with E-state index in [1.54, 1.807) is 14.2 Å². The van der Waals surface area contributed by atoms with E-state index in [1.165, 1.54) is 26.2 Å². The Hall–Kier alpha value is -1.46. The summed E-state index contributed by atoms with van der Waals surface area (Å²) in [5.74, 6) is 1.53. The molecule has 2 N–H and O–H groups in total. The number of benzene rings is 1. The summed E-state index contributed by atoms with van der Waals surface area (Å²) < 4.78 is 10.8. The Labute approximate surface area is 134 Å². The van der Waals surface area contributed by atoms with E-state index < -0.39 is 0 Å². The summed E-state index contributed by atoms with van der Waals surface area (Å²) >= 11 is 0. The smallest absolute Gasteiger partial charge is 0.164 e. The predicted molar refractivity (Wildman–Crippen MR) is 90.8 cm³/mol. The number of nitrogens with two attached hydrogens (primary N) is 1. The Morgan fingerprint density at radius 3 is 2.32 bits per heavy atom. The molecule has 0 unspecified atom stereocenters. The lowest BCUT2D eigenvalue weighted by molar-refractivity contribution is 0.136. The van der Waals surface area contributed by atoms with Crippen molar-refractivity contribution in [2.75, 3.05) is 59.2 Å². The first-order valence-electron chi connectivity index (χ1n) is 8.13. The third-order valence-electron chi connectivity index (χ3n) is 4.41. The van der Waals surface area contributed by atoms with E-state index in [0.29, 0.717) is 5.75 Å². The third-order valence-corrected chi connectivity index (χ3v) is 4.41. The second-order valence-corrected chi connectivity index (χ2v) is 5.79. The van der Waals surface area contributed by atoms with Gasteiger partial charge >= 0.3 is 0 Å². The number of likely N-dealkylation sites (N-methyl/N-ethyl adjacent to an activating group) is 1. The van der Waals surface area contributed by atoms with Crippen LogP contribution < -0.4 is 15.2 Å². The highest BCUT2D eigenvalue weighted by molar-refractivity contribution is 5.57. The number of hydrogen-bond acceptors (Lipinski definition) is 5. The fraction of sp³-hybridized carbons (Fsp3) is 0.647. The van der Waals surface area contributed by atoms with Crippen LogP contribution in [0.5, 0.6) is 11.5 Å². The Morgan fingerprint density at radius 1 is 1.05 bits per heavy atom. The number of aryl methyl sites for hydroxylation is 1. The Bertz CT molecular complexity index is 471. The summed E-state index contributed by atoms with van der Waals surface area (Å²) in [5.41, 5.74) is 7.81. The van der Waals surface area contributed by atoms with Crippen LogP contribution in [0.1, 0.15) is 18.9 Å². The number of piperazine rings is 1. The van der Waals surface area contributed by atoms with Crippen molar-refractivity contribution in [3.05, 3.63) is 17.7 Å². The minimum absolute atomic E-state index is 0.717.